The van der Waals surface area contributed by atoms with Crippen LogP contribution in [0.15, 0.2) is 76.9 Å². The average Bonchev–Trinajstić information content (AvgIpc) is 3.27. The smallest absolute Gasteiger partial charge is 0.281 e. The molecule has 7 heteroatoms. The number of hydrogen-bond acceptors (Lipinski definition) is 3. The minimum Gasteiger partial charge on any atom is -0.494 e. The molecule has 0 bridgehead atoms. The van der Waals surface area contributed by atoms with Crippen molar-refractivity contribution in [3.8, 4) is 11.4 Å². The standard InChI is InChI=1S/C29H26BrN3O2S/c1-5-35-22-12-10-21(11-13-22)33-28(34)27(31(4)29(33)36)17-20-16-18(2)32(19(20)3)26-15-14-25(30)23-8-6-7-9-24(23)26/h6-17H,5H2,1-4H3/b27-17-. The second-order valence-corrected chi connectivity index (χ2v) is 9.93. The van der Waals surface area contributed by atoms with Crippen LogP contribution in [0.3, 0.4) is 0 Å². The van der Waals surface area contributed by atoms with Crippen molar-refractivity contribution in [3.05, 3.63) is 93.9 Å². The van der Waals surface area contributed by atoms with Crippen molar-refractivity contribution in [2.45, 2.75) is 20.8 Å². The number of amides is 1. The first-order valence-corrected chi connectivity index (χ1v) is 12.9. The molecule has 1 aliphatic rings. The summed E-state index contributed by atoms with van der Waals surface area (Å²) in [4.78, 5) is 16.9. The quantitative estimate of drug-likeness (QED) is 0.194. The maximum atomic E-state index is 13.5. The van der Waals surface area contributed by atoms with Crippen LogP contribution in [0.25, 0.3) is 22.5 Å². The molecule has 0 spiro atoms. The van der Waals surface area contributed by atoms with Gasteiger partial charge in [-0.15, -0.1) is 0 Å². The van der Waals surface area contributed by atoms with Gasteiger partial charge in [0.25, 0.3) is 5.91 Å². The number of hydrogen-bond donors (Lipinski definition) is 0. The van der Waals surface area contributed by atoms with Crippen LogP contribution >= 0.6 is 28.1 Å². The third-order valence-electron chi connectivity index (χ3n) is 6.52. The number of carbonyl (C=O) groups excluding carboxylic acids is 1. The summed E-state index contributed by atoms with van der Waals surface area (Å²) in [6.07, 6.45) is 1.93. The van der Waals surface area contributed by atoms with Gasteiger partial charge in [0.2, 0.25) is 0 Å². The normalized spacial score (nSPS) is 15.0. The molecule has 0 unspecified atom stereocenters. The minimum atomic E-state index is -0.148. The lowest BCUT2D eigenvalue weighted by atomic mass is 10.1. The first-order valence-electron chi connectivity index (χ1n) is 11.7. The number of halogens is 1. The Balaban J connectivity index is 1.54. The molecule has 36 heavy (non-hydrogen) atoms. The van der Waals surface area contributed by atoms with Gasteiger partial charge < -0.3 is 14.2 Å². The summed E-state index contributed by atoms with van der Waals surface area (Å²) in [7, 11) is 1.84. The van der Waals surface area contributed by atoms with Crippen molar-refractivity contribution in [1.29, 1.82) is 0 Å². The molecule has 5 rings (SSSR count). The van der Waals surface area contributed by atoms with E-state index in [2.05, 4.69) is 70.7 Å². The molecule has 182 valence electrons. The number of aromatic nitrogens is 1. The Bertz CT molecular complexity index is 1540. The van der Waals surface area contributed by atoms with E-state index in [4.69, 9.17) is 17.0 Å². The number of likely N-dealkylation sites (N-methyl/N-ethyl adjacent to an activating group) is 1. The second-order valence-electron chi connectivity index (χ2n) is 8.71. The van der Waals surface area contributed by atoms with E-state index in [9.17, 15) is 4.79 Å². The Kier molecular flexibility index (Phi) is 6.45. The van der Waals surface area contributed by atoms with Gasteiger partial charge in [0.05, 0.1) is 18.0 Å². The lowest BCUT2D eigenvalue weighted by Crippen LogP contribution is -2.31. The zero-order chi connectivity index (χ0) is 25.6. The van der Waals surface area contributed by atoms with Gasteiger partial charge in [-0.05, 0) is 92.5 Å². The number of aryl methyl sites for hydroxylation is 1. The first-order chi connectivity index (χ1) is 17.3. The van der Waals surface area contributed by atoms with Gasteiger partial charge in [-0.2, -0.15) is 0 Å². The van der Waals surface area contributed by atoms with Gasteiger partial charge in [-0.25, -0.2) is 0 Å². The summed E-state index contributed by atoms with van der Waals surface area (Å²) >= 11 is 9.33. The van der Waals surface area contributed by atoms with Crippen LogP contribution in [-0.4, -0.2) is 34.1 Å². The Labute approximate surface area is 224 Å². The van der Waals surface area contributed by atoms with Crippen molar-refractivity contribution >= 4 is 61.7 Å². The minimum absolute atomic E-state index is 0.148. The van der Waals surface area contributed by atoms with Crippen molar-refractivity contribution in [1.82, 2.24) is 9.47 Å². The van der Waals surface area contributed by atoms with Crippen molar-refractivity contribution in [2.75, 3.05) is 18.6 Å². The van der Waals surface area contributed by atoms with E-state index >= 15 is 0 Å². The molecule has 0 N–H and O–H groups in total. The average molecular weight is 561 g/mol. The highest BCUT2D eigenvalue weighted by Gasteiger charge is 2.37. The van der Waals surface area contributed by atoms with E-state index in [1.807, 2.05) is 50.4 Å². The highest BCUT2D eigenvalue weighted by atomic mass is 79.9. The van der Waals surface area contributed by atoms with Crippen LogP contribution in [0.5, 0.6) is 5.75 Å². The van der Waals surface area contributed by atoms with E-state index < -0.39 is 0 Å². The molecule has 1 aromatic heterocycles. The Morgan fingerprint density at radius 1 is 1.00 bits per heavy atom. The fraction of sp³-hybridized carbons (Fsp3) is 0.172. The predicted molar refractivity (Wildman–Crippen MR) is 154 cm³/mol. The van der Waals surface area contributed by atoms with Crippen LogP contribution in [0.1, 0.15) is 23.9 Å². The topological polar surface area (TPSA) is 37.7 Å². The van der Waals surface area contributed by atoms with E-state index in [-0.39, 0.29) is 5.91 Å². The highest BCUT2D eigenvalue weighted by Crippen LogP contribution is 2.34. The molecule has 4 aromatic rings. The monoisotopic (exact) mass is 559 g/mol. The van der Waals surface area contributed by atoms with Crippen LogP contribution in [0.4, 0.5) is 5.69 Å². The number of fused-ring (bicyclic) bond motifs is 1. The van der Waals surface area contributed by atoms with Crippen molar-refractivity contribution in [2.24, 2.45) is 0 Å². The lowest BCUT2D eigenvalue weighted by molar-refractivity contribution is -0.114. The summed E-state index contributed by atoms with van der Waals surface area (Å²) in [6.45, 7) is 6.70. The highest BCUT2D eigenvalue weighted by molar-refractivity contribution is 9.10. The molecule has 0 aliphatic carbocycles. The number of anilines is 1. The predicted octanol–water partition coefficient (Wildman–Crippen LogP) is 7.01. The summed E-state index contributed by atoms with van der Waals surface area (Å²) in [5, 5.41) is 2.76. The number of ether oxygens (including phenoxy) is 1. The summed E-state index contributed by atoms with van der Waals surface area (Å²) in [6, 6.07) is 22.1. The van der Waals surface area contributed by atoms with Crippen LogP contribution in [0, 0.1) is 13.8 Å². The van der Waals surface area contributed by atoms with Gasteiger partial charge in [0.15, 0.2) is 5.11 Å². The molecular formula is C29H26BrN3O2S. The lowest BCUT2D eigenvalue weighted by Gasteiger charge is -2.16. The molecule has 0 radical (unpaired) electrons. The Morgan fingerprint density at radius 3 is 2.39 bits per heavy atom. The van der Waals surface area contributed by atoms with Crippen molar-refractivity contribution < 1.29 is 9.53 Å². The van der Waals surface area contributed by atoms with E-state index in [0.29, 0.717) is 17.4 Å². The molecule has 3 aromatic carbocycles. The molecule has 1 amide bonds. The molecule has 1 saturated heterocycles. The molecule has 1 fully saturated rings. The van der Waals surface area contributed by atoms with Gasteiger partial charge in [0.1, 0.15) is 11.4 Å². The van der Waals surface area contributed by atoms with Gasteiger partial charge in [0, 0.05) is 28.3 Å². The zero-order valence-electron chi connectivity index (χ0n) is 20.6. The molecule has 5 nitrogen and oxygen atoms in total. The van der Waals surface area contributed by atoms with Gasteiger partial charge in [-0.3, -0.25) is 9.69 Å². The first kappa shape index (κ1) is 24.3. The van der Waals surface area contributed by atoms with E-state index in [1.54, 1.807) is 9.80 Å². The fourth-order valence-electron chi connectivity index (χ4n) is 4.74. The number of carbonyl (C=O) groups is 1. The largest absolute Gasteiger partial charge is 0.494 e. The molecule has 2 heterocycles. The van der Waals surface area contributed by atoms with Gasteiger partial charge >= 0.3 is 0 Å². The number of benzene rings is 3. The van der Waals surface area contributed by atoms with E-state index in [1.165, 1.54) is 0 Å². The SMILES string of the molecule is CCOc1ccc(N2C(=O)/C(=C/c3cc(C)n(-c4ccc(Br)c5ccccc45)c3C)N(C)C2=S)cc1. The Morgan fingerprint density at radius 2 is 1.69 bits per heavy atom. The molecule has 0 saturated carbocycles. The molecule has 0 atom stereocenters. The third kappa shape index (κ3) is 4.02. The van der Waals surface area contributed by atoms with Gasteiger partial charge in [-0.1, -0.05) is 40.2 Å². The zero-order valence-corrected chi connectivity index (χ0v) is 23.0. The summed E-state index contributed by atoms with van der Waals surface area (Å²) in [5.41, 5.74) is 5.48. The maximum Gasteiger partial charge on any atom is 0.281 e. The number of thiocarbonyl (C=S) groups is 1. The van der Waals surface area contributed by atoms with E-state index in [0.717, 1.165) is 49.3 Å². The fourth-order valence-corrected chi connectivity index (χ4v) is 5.50. The summed E-state index contributed by atoms with van der Waals surface area (Å²) < 4.78 is 8.83. The third-order valence-corrected chi connectivity index (χ3v) is 7.67. The maximum absolute atomic E-state index is 13.5. The summed E-state index contributed by atoms with van der Waals surface area (Å²) in [5.74, 6) is 0.612. The van der Waals surface area contributed by atoms with Crippen LogP contribution < -0.4 is 9.64 Å². The van der Waals surface area contributed by atoms with Crippen LogP contribution in [0.2, 0.25) is 0 Å². The molecular weight excluding hydrogens is 534 g/mol. The Hall–Kier alpha value is -3.42. The van der Waals surface area contributed by atoms with Crippen molar-refractivity contribution in [3.63, 3.8) is 0 Å². The molecule has 1 aliphatic heterocycles. The second kappa shape index (κ2) is 9.56. The number of rotatable bonds is 5. The number of nitrogens with zero attached hydrogens (tertiary/aromatic N) is 3. The van der Waals surface area contributed by atoms with Crippen LogP contribution in [-0.2, 0) is 4.79 Å².